The Morgan fingerprint density at radius 2 is 1.83 bits per heavy atom. The molecule has 1 saturated heterocycles. The Labute approximate surface area is 137 Å². The number of carbonyl (C=O) groups is 2. The quantitative estimate of drug-likeness (QED) is 0.669. The molecular formula is C17H13ClN2O3. The van der Waals surface area contributed by atoms with E-state index in [1.54, 1.807) is 18.2 Å². The van der Waals surface area contributed by atoms with Crippen LogP contribution in [0.3, 0.4) is 0 Å². The molecule has 0 aliphatic carbocycles. The molecule has 0 unspecified atom stereocenters. The maximum atomic E-state index is 11.6. The molecule has 0 bridgehead atoms. The van der Waals surface area contributed by atoms with E-state index in [0.717, 1.165) is 5.56 Å². The first-order chi connectivity index (χ1) is 11.1. The molecule has 3 amide bonds. The highest BCUT2D eigenvalue weighted by Crippen LogP contribution is 2.26. The van der Waals surface area contributed by atoms with Crippen molar-refractivity contribution in [3.8, 4) is 5.75 Å². The van der Waals surface area contributed by atoms with Gasteiger partial charge in [-0.25, -0.2) is 4.79 Å². The first-order valence-corrected chi connectivity index (χ1v) is 7.30. The number of carbonyl (C=O) groups excluding carboxylic acids is 2. The number of ether oxygens (including phenoxy) is 1. The van der Waals surface area contributed by atoms with Crippen molar-refractivity contribution in [3.63, 3.8) is 0 Å². The van der Waals surface area contributed by atoms with Crippen molar-refractivity contribution in [1.29, 1.82) is 0 Å². The lowest BCUT2D eigenvalue weighted by Crippen LogP contribution is -2.22. The van der Waals surface area contributed by atoms with Crippen molar-refractivity contribution in [2.75, 3.05) is 0 Å². The van der Waals surface area contributed by atoms with E-state index in [2.05, 4.69) is 10.6 Å². The second-order valence-corrected chi connectivity index (χ2v) is 5.36. The molecule has 0 aromatic heterocycles. The first kappa shape index (κ1) is 15.1. The molecule has 2 aromatic carbocycles. The Balaban J connectivity index is 1.85. The maximum Gasteiger partial charge on any atom is 0.326 e. The van der Waals surface area contributed by atoms with Gasteiger partial charge in [0.1, 0.15) is 18.1 Å². The molecule has 2 aromatic rings. The summed E-state index contributed by atoms with van der Waals surface area (Å²) in [4.78, 5) is 22.8. The van der Waals surface area contributed by atoms with E-state index in [1.165, 1.54) is 6.08 Å². The van der Waals surface area contributed by atoms with Crippen LogP contribution in [0.2, 0.25) is 5.02 Å². The van der Waals surface area contributed by atoms with Gasteiger partial charge in [-0.15, -0.1) is 0 Å². The summed E-state index contributed by atoms with van der Waals surface area (Å²) in [6.45, 7) is 0.386. The number of amides is 3. The number of hydrogen-bond donors (Lipinski definition) is 2. The van der Waals surface area contributed by atoms with Gasteiger partial charge in [-0.1, -0.05) is 41.9 Å². The van der Waals surface area contributed by atoms with Crippen LogP contribution in [0, 0.1) is 0 Å². The molecule has 1 aliphatic rings. The Kier molecular flexibility index (Phi) is 4.30. The Morgan fingerprint density at radius 1 is 1.04 bits per heavy atom. The SMILES string of the molecule is O=C1NC(=O)/C(=C\c2cc(Cl)ccc2OCc2ccccc2)N1. The zero-order valence-electron chi connectivity index (χ0n) is 12.0. The van der Waals surface area contributed by atoms with E-state index in [0.29, 0.717) is 22.9 Å². The monoisotopic (exact) mass is 328 g/mol. The van der Waals surface area contributed by atoms with E-state index >= 15 is 0 Å². The van der Waals surface area contributed by atoms with Crippen molar-refractivity contribution in [2.45, 2.75) is 6.61 Å². The van der Waals surface area contributed by atoms with Gasteiger partial charge in [-0.05, 0) is 29.8 Å². The van der Waals surface area contributed by atoms with Crippen LogP contribution in [0.1, 0.15) is 11.1 Å². The van der Waals surface area contributed by atoms with Crippen LogP contribution < -0.4 is 15.4 Å². The smallest absolute Gasteiger partial charge is 0.326 e. The number of hydrogen-bond acceptors (Lipinski definition) is 3. The summed E-state index contributed by atoms with van der Waals surface area (Å²) >= 11 is 6.01. The molecule has 0 radical (unpaired) electrons. The first-order valence-electron chi connectivity index (χ1n) is 6.92. The zero-order valence-corrected chi connectivity index (χ0v) is 12.8. The third-order valence-corrected chi connectivity index (χ3v) is 3.46. The van der Waals surface area contributed by atoms with E-state index < -0.39 is 11.9 Å². The van der Waals surface area contributed by atoms with E-state index in [4.69, 9.17) is 16.3 Å². The molecule has 2 N–H and O–H groups in total. The van der Waals surface area contributed by atoms with Crippen LogP contribution in [0.4, 0.5) is 4.79 Å². The summed E-state index contributed by atoms with van der Waals surface area (Å²) in [6, 6.07) is 14.3. The predicted octanol–water partition coefficient (Wildman–Crippen LogP) is 3.10. The van der Waals surface area contributed by atoms with Crippen LogP contribution in [-0.4, -0.2) is 11.9 Å². The lowest BCUT2D eigenvalue weighted by Gasteiger charge is -2.10. The van der Waals surface area contributed by atoms with Crippen molar-refractivity contribution in [2.24, 2.45) is 0 Å². The van der Waals surface area contributed by atoms with Gasteiger partial charge in [0.15, 0.2) is 0 Å². The van der Waals surface area contributed by atoms with E-state index in [9.17, 15) is 9.59 Å². The van der Waals surface area contributed by atoms with Gasteiger partial charge in [-0.3, -0.25) is 10.1 Å². The van der Waals surface area contributed by atoms with Crippen LogP contribution in [-0.2, 0) is 11.4 Å². The summed E-state index contributed by atoms with van der Waals surface area (Å²) in [6.07, 6.45) is 1.53. The lowest BCUT2D eigenvalue weighted by molar-refractivity contribution is -0.115. The van der Waals surface area contributed by atoms with Gasteiger partial charge >= 0.3 is 6.03 Å². The molecule has 0 spiro atoms. The fourth-order valence-electron chi connectivity index (χ4n) is 2.14. The Morgan fingerprint density at radius 3 is 2.52 bits per heavy atom. The fraction of sp³-hybridized carbons (Fsp3) is 0.0588. The van der Waals surface area contributed by atoms with Gasteiger partial charge in [0, 0.05) is 10.6 Å². The Hall–Kier alpha value is -2.79. The molecule has 116 valence electrons. The minimum absolute atomic E-state index is 0.154. The van der Waals surface area contributed by atoms with Crippen LogP contribution in [0.15, 0.2) is 54.2 Å². The largest absolute Gasteiger partial charge is 0.488 e. The van der Waals surface area contributed by atoms with E-state index in [-0.39, 0.29) is 5.70 Å². The number of benzene rings is 2. The normalized spacial score (nSPS) is 15.4. The average molecular weight is 329 g/mol. The van der Waals surface area contributed by atoms with Gasteiger partial charge < -0.3 is 10.1 Å². The molecule has 3 rings (SSSR count). The summed E-state index contributed by atoms with van der Waals surface area (Å²) in [5, 5.41) is 5.09. The van der Waals surface area contributed by atoms with Crippen LogP contribution in [0.25, 0.3) is 6.08 Å². The van der Waals surface area contributed by atoms with Crippen LogP contribution in [0.5, 0.6) is 5.75 Å². The number of halogens is 1. The van der Waals surface area contributed by atoms with Gasteiger partial charge in [-0.2, -0.15) is 0 Å². The average Bonchev–Trinajstić information content (AvgIpc) is 2.85. The van der Waals surface area contributed by atoms with Gasteiger partial charge in [0.05, 0.1) is 0 Å². The molecule has 1 aliphatic heterocycles. The third kappa shape index (κ3) is 3.70. The molecule has 23 heavy (non-hydrogen) atoms. The number of rotatable bonds is 4. The number of urea groups is 1. The van der Waals surface area contributed by atoms with Crippen molar-refractivity contribution in [1.82, 2.24) is 10.6 Å². The summed E-state index contributed by atoms with van der Waals surface area (Å²) in [5.74, 6) is 0.0867. The molecular weight excluding hydrogens is 316 g/mol. The van der Waals surface area contributed by atoms with Crippen molar-refractivity contribution >= 4 is 29.6 Å². The van der Waals surface area contributed by atoms with E-state index in [1.807, 2.05) is 30.3 Å². The maximum absolute atomic E-state index is 11.6. The predicted molar refractivity (Wildman–Crippen MR) is 86.9 cm³/mol. The number of nitrogens with one attached hydrogen (secondary N) is 2. The summed E-state index contributed by atoms with van der Waals surface area (Å²) in [7, 11) is 0. The zero-order chi connectivity index (χ0) is 16.2. The van der Waals surface area contributed by atoms with Crippen molar-refractivity contribution < 1.29 is 14.3 Å². The molecule has 0 saturated carbocycles. The highest BCUT2D eigenvalue weighted by atomic mass is 35.5. The molecule has 5 nitrogen and oxygen atoms in total. The topological polar surface area (TPSA) is 67.4 Å². The molecule has 1 heterocycles. The number of imide groups is 1. The van der Waals surface area contributed by atoms with Crippen molar-refractivity contribution in [3.05, 3.63) is 70.4 Å². The minimum Gasteiger partial charge on any atom is -0.488 e. The lowest BCUT2D eigenvalue weighted by atomic mass is 10.1. The third-order valence-electron chi connectivity index (χ3n) is 3.23. The van der Waals surface area contributed by atoms with Gasteiger partial charge in [0.2, 0.25) is 0 Å². The minimum atomic E-state index is -0.546. The summed E-state index contributed by atoms with van der Waals surface area (Å²) < 4.78 is 5.80. The molecule has 6 heteroatoms. The second-order valence-electron chi connectivity index (χ2n) is 4.92. The van der Waals surface area contributed by atoms with Gasteiger partial charge in [0.25, 0.3) is 5.91 Å². The second kappa shape index (κ2) is 6.54. The van der Waals surface area contributed by atoms with Crippen LogP contribution >= 0.6 is 11.6 Å². The molecule has 1 fully saturated rings. The highest BCUT2D eigenvalue weighted by molar-refractivity contribution is 6.30. The highest BCUT2D eigenvalue weighted by Gasteiger charge is 2.23. The standard InChI is InChI=1S/C17H13ClN2O3/c18-13-6-7-15(23-10-11-4-2-1-3-5-11)12(8-13)9-14-16(21)20-17(22)19-14/h1-9H,10H2,(H2,19,20,21,22)/b14-9+. The molecule has 0 atom stereocenters. The summed E-state index contributed by atoms with van der Waals surface area (Å²) in [5.41, 5.74) is 1.79. The Bertz CT molecular complexity index is 788. The fourth-order valence-corrected chi connectivity index (χ4v) is 2.32.